The molecule has 4 fully saturated rings. The minimum Gasteiger partial charge on any atom is -0.360 e. The van der Waals surface area contributed by atoms with E-state index in [4.69, 9.17) is 4.52 Å². The van der Waals surface area contributed by atoms with Crippen LogP contribution in [-0.4, -0.2) is 64.3 Å². The van der Waals surface area contributed by atoms with E-state index < -0.39 is 0 Å². The maximum absolute atomic E-state index is 12.7. The first-order valence-electron chi connectivity index (χ1n) is 11.4. The van der Waals surface area contributed by atoms with Crippen molar-refractivity contribution in [1.29, 1.82) is 0 Å². The normalized spacial score (nSPS) is 35.7. The van der Waals surface area contributed by atoms with E-state index >= 15 is 0 Å². The second kappa shape index (κ2) is 8.23. The van der Waals surface area contributed by atoms with Crippen molar-refractivity contribution in [2.24, 2.45) is 11.8 Å². The Morgan fingerprint density at radius 2 is 1.90 bits per heavy atom. The van der Waals surface area contributed by atoms with E-state index in [0.29, 0.717) is 29.6 Å². The first kappa shape index (κ1) is 19.9. The van der Waals surface area contributed by atoms with Crippen LogP contribution in [0, 0.1) is 11.8 Å². The molecule has 1 aromatic heterocycles. The number of nitrogens with one attached hydrogen (secondary N) is 1. The summed E-state index contributed by atoms with van der Waals surface area (Å²) < 4.78 is 8.10. The average molecular weight is 419 g/mol. The summed E-state index contributed by atoms with van der Waals surface area (Å²) in [6.45, 7) is 4.70. The lowest BCUT2D eigenvalue weighted by atomic mass is 9.99. The van der Waals surface area contributed by atoms with Crippen molar-refractivity contribution in [3.8, 4) is 0 Å². The predicted molar refractivity (Wildman–Crippen MR) is 115 cm³/mol. The first-order chi connectivity index (χ1) is 14.1. The zero-order valence-electron chi connectivity index (χ0n) is 17.7. The molecule has 2 bridgehead atoms. The van der Waals surface area contributed by atoms with Crippen molar-refractivity contribution in [2.75, 3.05) is 25.9 Å². The molecule has 4 aliphatic rings. The monoisotopic (exact) mass is 418 g/mol. The molecular weight excluding hydrogens is 384 g/mol. The third-order valence-corrected chi connectivity index (χ3v) is 9.05. The number of amides is 1. The van der Waals surface area contributed by atoms with Gasteiger partial charge in [-0.15, -0.1) is 0 Å². The maximum atomic E-state index is 12.7. The van der Waals surface area contributed by atoms with Gasteiger partial charge in [-0.2, -0.15) is 0 Å². The highest BCUT2D eigenvalue weighted by Gasteiger charge is 2.42. The van der Waals surface area contributed by atoms with Gasteiger partial charge in [0.1, 0.15) is 5.76 Å². The topological polar surface area (TPSA) is 61.6 Å². The Morgan fingerprint density at radius 3 is 2.55 bits per heavy atom. The molecule has 0 spiro atoms. The Labute approximate surface area is 178 Å². The van der Waals surface area contributed by atoms with Crippen LogP contribution in [0.15, 0.2) is 10.6 Å². The standard InChI is InChI=1S/C22H34N4O2S/c1-14-9-19(14)21-12-20(24-28-21)22(27)23-16-10-17-3-4-18(11-16)26(17)29-13-15-5-7-25(2)8-6-15/h12,14-19H,3-11,13H2,1-2H3,(H,23,27)/t14?,16?,17-,18?,19?/m0/s1. The highest BCUT2D eigenvalue weighted by Crippen LogP contribution is 2.47. The number of nitrogens with zero attached hydrogens (tertiary/aromatic N) is 3. The molecule has 4 heterocycles. The summed E-state index contributed by atoms with van der Waals surface area (Å²) >= 11 is 2.09. The van der Waals surface area contributed by atoms with Gasteiger partial charge in [0.25, 0.3) is 5.91 Å². The van der Waals surface area contributed by atoms with Gasteiger partial charge < -0.3 is 14.7 Å². The van der Waals surface area contributed by atoms with Gasteiger partial charge in [-0.05, 0) is 76.9 Å². The molecule has 0 aromatic carbocycles. The van der Waals surface area contributed by atoms with E-state index in [9.17, 15) is 4.79 Å². The highest BCUT2D eigenvalue weighted by molar-refractivity contribution is 7.97. The van der Waals surface area contributed by atoms with Crippen molar-refractivity contribution in [1.82, 2.24) is 19.7 Å². The van der Waals surface area contributed by atoms with Gasteiger partial charge in [0.2, 0.25) is 0 Å². The van der Waals surface area contributed by atoms with Crippen molar-refractivity contribution in [2.45, 2.75) is 75.9 Å². The van der Waals surface area contributed by atoms with Crippen LogP contribution in [0.3, 0.4) is 0 Å². The number of rotatable bonds is 6. The molecule has 3 aliphatic heterocycles. The fourth-order valence-electron chi connectivity index (χ4n) is 5.43. The molecule has 1 aromatic rings. The molecule has 1 aliphatic carbocycles. The minimum atomic E-state index is -0.0647. The van der Waals surface area contributed by atoms with Gasteiger partial charge in [0.15, 0.2) is 5.69 Å². The quantitative estimate of drug-likeness (QED) is 0.714. The second-order valence-corrected chi connectivity index (χ2v) is 10.9. The zero-order chi connectivity index (χ0) is 20.0. The lowest BCUT2D eigenvalue weighted by Crippen LogP contribution is -2.48. The summed E-state index contributed by atoms with van der Waals surface area (Å²) in [4.78, 5) is 15.1. The van der Waals surface area contributed by atoms with Crippen molar-refractivity contribution >= 4 is 17.9 Å². The smallest absolute Gasteiger partial charge is 0.273 e. The van der Waals surface area contributed by atoms with E-state index in [1.807, 2.05) is 6.07 Å². The van der Waals surface area contributed by atoms with Crippen LogP contribution in [0.2, 0.25) is 0 Å². The van der Waals surface area contributed by atoms with Crippen LogP contribution < -0.4 is 5.32 Å². The van der Waals surface area contributed by atoms with Crippen LogP contribution in [0.5, 0.6) is 0 Å². The van der Waals surface area contributed by atoms with Crippen molar-refractivity contribution in [3.63, 3.8) is 0 Å². The number of carbonyl (C=O) groups excluding carboxylic acids is 1. The van der Waals surface area contributed by atoms with Gasteiger partial charge in [-0.1, -0.05) is 24.0 Å². The lowest BCUT2D eigenvalue weighted by molar-refractivity contribution is 0.0902. The Morgan fingerprint density at radius 1 is 1.21 bits per heavy atom. The summed E-state index contributed by atoms with van der Waals surface area (Å²) in [5, 5.41) is 7.28. The molecule has 5 rings (SSSR count). The largest absolute Gasteiger partial charge is 0.360 e. The number of carbonyl (C=O) groups is 1. The Balaban J connectivity index is 1.11. The van der Waals surface area contributed by atoms with Gasteiger partial charge in [-0.3, -0.25) is 4.79 Å². The molecule has 0 radical (unpaired) electrons. The zero-order valence-corrected chi connectivity index (χ0v) is 18.5. The predicted octanol–water partition coefficient (Wildman–Crippen LogP) is 3.51. The van der Waals surface area contributed by atoms with E-state index in [0.717, 1.165) is 30.9 Å². The maximum Gasteiger partial charge on any atom is 0.273 e. The van der Waals surface area contributed by atoms with E-state index in [1.165, 1.54) is 44.5 Å². The van der Waals surface area contributed by atoms with Crippen LogP contribution in [0.4, 0.5) is 0 Å². The Kier molecular flexibility index (Phi) is 5.65. The molecule has 29 heavy (non-hydrogen) atoms. The van der Waals surface area contributed by atoms with Gasteiger partial charge in [-0.25, -0.2) is 4.31 Å². The molecule has 160 valence electrons. The van der Waals surface area contributed by atoms with Gasteiger partial charge >= 0.3 is 0 Å². The fraction of sp³-hybridized carbons (Fsp3) is 0.818. The lowest BCUT2D eigenvalue weighted by Gasteiger charge is -2.39. The van der Waals surface area contributed by atoms with E-state index in [2.05, 4.69) is 45.6 Å². The summed E-state index contributed by atoms with van der Waals surface area (Å²) in [5.74, 6) is 4.06. The number of likely N-dealkylation sites (tertiary alicyclic amines) is 1. The number of fused-ring (bicyclic) bond motifs is 2. The molecule has 3 saturated heterocycles. The van der Waals surface area contributed by atoms with Crippen molar-refractivity contribution in [3.05, 3.63) is 17.5 Å². The Bertz CT molecular complexity index is 718. The highest BCUT2D eigenvalue weighted by atomic mass is 32.2. The second-order valence-electron chi connectivity index (χ2n) is 9.86. The van der Waals surface area contributed by atoms with Crippen LogP contribution in [0.25, 0.3) is 0 Å². The number of piperidine rings is 2. The van der Waals surface area contributed by atoms with Crippen LogP contribution >= 0.6 is 11.9 Å². The first-order valence-corrected chi connectivity index (χ1v) is 12.4. The summed E-state index contributed by atoms with van der Waals surface area (Å²) in [7, 11) is 2.23. The Hall–Kier alpha value is -1.05. The fourth-order valence-corrected chi connectivity index (χ4v) is 6.95. The molecule has 7 heteroatoms. The van der Waals surface area contributed by atoms with Crippen molar-refractivity contribution < 1.29 is 9.32 Å². The van der Waals surface area contributed by atoms with E-state index in [1.54, 1.807) is 0 Å². The number of hydrogen-bond donors (Lipinski definition) is 1. The average Bonchev–Trinajstić information content (AvgIpc) is 3.14. The molecule has 4 unspecified atom stereocenters. The van der Waals surface area contributed by atoms with Gasteiger partial charge in [0, 0.05) is 35.9 Å². The van der Waals surface area contributed by atoms with Crippen LogP contribution in [-0.2, 0) is 0 Å². The summed E-state index contributed by atoms with van der Waals surface area (Å²) in [5.41, 5.74) is 0.450. The molecule has 1 amide bonds. The molecule has 6 nitrogen and oxygen atoms in total. The third kappa shape index (κ3) is 4.37. The molecular formula is C22H34N4O2S. The molecule has 1 saturated carbocycles. The van der Waals surface area contributed by atoms with E-state index in [-0.39, 0.29) is 11.9 Å². The number of aromatic nitrogens is 1. The van der Waals surface area contributed by atoms with Crippen LogP contribution in [0.1, 0.15) is 74.0 Å². The molecule has 5 atom stereocenters. The molecule has 1 N–H and O–H groups in total. The summed E-state index contributed by atoms with van der Waals surface area (Å²) in [6, 6.07) is 3.33. The van der Waals surface area contributed by atoms with Gasteiger partial charge in [0.05, 0.1) is 0 Å². The number of hydrogen-bond acceptors (Lipinski definition) is 6. The minimum absolute atomic E-state index is 0.0647. The third-order valence-electron chi connectivity index (χ3n) is 7.53. The SMILES string of the molecule is CC1CC1c1cc(C(=O)NC2CC3CC[C@@H](C2)N3SCC2CCN(C)CC2)no1. The summed E-state index contributed by atoms with van der Waals surface area (Å²) in [6.07, 6.45) is 8.49.